The number of aryl methyl sites for hydroxylation is 2. The number of hydrogen-bond donors (Lipinski definition) is 0. The molecule has 0 aliphatic heterocycles. The second-order valence-electron chi connectivity index (χ2n) is 5.37. The van der Waals surface area contributed by atoms with E-state index in [-0.39, 0.29) is 12.4 Å². The lowest BCUT2D eigenvalue weighted by atomic mass is 10.1. The van der Waals surface area contributed by atoms with Gasteiger partial charge in [0.25, 0.3) is 0 Å². The molecule has 0 saturated heterocycles. The van der Waals surface area contributed by atoms with Crippen LogP contribution in [0.4, 0.5) is 0 Å². The molecule has 3 rings (SSSR count). The van der Waals surface area contributed by atoms with E-state index in [0.29, 0.717) is 10.4 Å². The predicted molar refractivity (Wildman–Crippen MR) is 94.6 cm³/mol. The average molecular weight is 360 g/mol. The first-order chi connectivity index (χ1) is 11.5. The molecule has 0 atom stereocenters. The van der Waals surface area contributed by atoms with E-state index in [2.05, 4.69) is 4.98 Å². The Hall–Kier alpha value is -2.25. The number of rotatable bonds is 5. The summed E-state index contributed by atoms with van der Waals surface area (Å²) < 4.78 is 7.11. The molecule has 24 heavy (non-hydrogen) atoms. The average Bonchev–Trinajstić information content (AvgIpc) is 3.26. The molecule has 7 heteroatoms. The van der Waals surface area contributed by atoms with Crippen molar-refractivity contribution in [2.45, 2.75) is 20.8 Å². The van der Waals surface area contributed by atoms with Crippen molar-refractivity contribution in [2.24, 2.45) is 0 Å². The van der Waals surface area contributed by atoms with Crippen LogP contribution in [-0.4, -0.2) is 27.9 Å². The fourth-order valence-corrected chi connectivity index (χ4v) is 4.09. The van der Waals surface area contributed by atoms with Crippen molar-refractivity contribution < 1.29 is 14.3 Å². The minimum absolute atomic E-state index is 0.214. The quantitative estimate of drug-likeness (QED) is 0.510. The summed E-state index contributed by atoms with van der Waals surface area (Å²) in [5, 5.41) is 4.53. The summed E-state index contributed by atoms with van der Waals surface area (Å²) in [5.74, 6) is -0.668. The van der Waals surface area contributed by atoms with Gasteiger partial charge in [-0.05, 0) is 43.8 Å². The van der Waals surface area contributed by atoms with Crippen LogP contribution in [0.1, 0.15) is 37.0 Å². The Morgan fingerprint density at radius 1 is 1.21 bits per heavy atom. The monoisotopic (exact) mass is 360 g/mol. The fraction of sp³-hybridized carbons (Fsp3) is 0.235. The topological polar surface area (TPSA) is 61.2 Å². The molecule has 124 valence electrons. The van der Waals surface area contributed by atoms with Crippen LogP contribution < -0.4 is 0 Å². The zero-order valence-electron chi connectivity index (χ0n) is 13.5. The van der Waals surface area contributed by atoms with Gasteiger partial charge in [0, 0.05) is 28.5 Å². The summed E-state index contributed by atoms with van der Waals surface area (Å²) in [6.07, 6.45) is 1.73. The lowest BCUT2D eigenvalue weighted by molar-refractivity contribution is 0.0478. The molecular weight excluding hydrogens is 344 g/mol. The fourth-order valence-electron chi connectivity index (χ4n) is 2.52. The van der Waals surface area contributed by atoms with Gasteiger partial charge in [-0.25, -0.2) is 9.78 Å². The van der Waals surface area contributed by atoms with Gasteiger partial charge in [-0.15, -0.1) is 22.7 Å². The third kappa shape index (κ3) is 3.05. The number of esters is 1. The number of thiazole rings is 1. The lowest BCUT2D eigenvalue weighted by Crippen LogP contribution is -2.14. The number of aromatic nitrogens is 2. The normalized spacial score (nSPS) is 10.8. The van der Waals surface area contributed by atoms with Crippen LogP contribution in [0.15, 0.2) is 29.1 Å². The highest BCUT2D eigenvalue weighted by Gasteiger charge is 2.20. The van der Waals surface area contributed by atoms with E-state index in [4.69, 9.17) is 4.74 Å². The van der Waals surface area contributed by atoms with Crippen LogP contribution in [0, 0.1) is 20.8 Å². The molecule has 3 aromatic heterocycles. The largest absolute Gasteiger partial charge is 0.453 e. The van der Waals surface area contributed by atoms with Gasteiger partial charge >= 0.3 is 5.97 Å². The Kier molecular flexibility index (Phi) is 4.64. The van der Waals surface area contributed by atoms with E-state index in [1.165, 1.54) is 22.7 Å². The van der Waals surface area contributed by atoms with Gasteiger partial charge in [0.15, 0.2) is 11.7 Å². The second-order valence-corrected chi connectivity index (χ2v) is 7.16. The summed E-state index contributed by atoms with van der Waals surface area (Å²) in [7, 11) is 0. The Morgan fingerprint density at radius 2 is 2.00 bits per heavy atom. The van der Waals surface area contributed by atoms with Crippen LogP contribution >= 0.6 is 22.7 Å². The highest BCUT2D eigenvalue weighted by atomic mass is 32.1. The maximum absolute atomic E-state index is 12.5. The summed E-state index contributed by atoms with van der Waals surface area (Å²) in [6, 6.07) is 3.66. The number of carbonyl (C=O) groups excluding carboxylic acids is 2. The third-order valence-corrected chi connectivity index (χ3v) is 5.48. The minimum atomic E-state index is -0.454. The Balaban J connectivity index is 1.76. The van der Waals surface area contributed by atoms with E-state index < -0.39 is 5.97 Å². The van der Waals surface area contributed by atoms with Gasteiger partial charge in [-0.3, -0.25) is 9.36 Å². The molecule has 5 nitrogen and oxygen atoms in total. The number of ether oxygens (including phenoxy) is 1. The molecule has 0 unspecified atom stereocenters. The zero-order valence-corrected chi connectivity index (χ0v) is 15.2. The zero-order chi connectivity index (χ0) is 17.3. The number of hydrogen-bond acceptors (Lipinski definition) is 6. The minimum Gasteiger partial charge on any atom is -0.453 e. The van der Waals surface area contributed by atoms with Crippen LogP contribution in [0.2, 0.25) is 0 Å². The first-order valence-corrected chi connectivity index (χ1v) is 9.08. The summed E-state index contributed by atoms with van der Waals surface area (Å²) in [6.45, 7) is 5.37. The molecule has 0 aliphatic carbocycles. The van der Waals surface area contributed by atoms with E-state index in [1.54, 1.807) is 6.20 Å². The molecular formula is C17H16N2O3S2. The first-order valence-electron chi connectivity index (χ1n) is 7.32. The molecule has 0 bridgehead atoms. The number of thiophene rings is 1. The number of ketones is 1. The van der Waals surface area contributed by atoms with Gasteiger partial charge in [0.2, 0.25) is 5.78 Å². The van der Waals surface area contributed by atoms with Crippen LogP contribution in [0.3, 0.4) is 0 Å². The SMILES string of the molecule is Cc1ccsc1C(=O)OCC(=O)c1cc(C)n(-c2nccs2)c1C. The van der Waals surface area contributed by atoms with Gasteiger partial charge in [0.05, 0.1) is 0 Å². The molecule has 0 aliphatic rings. The molecule has 0 N–H and O–H groups in total. The molecule has 0 saturated carbocycles. The first kappa shape index (κ1) is 16.6. The summed E-state index contributed by atoms with van der Waals surface area (Å²) in [4.78, 5) is 29.3. The Morgan fingerprint density at radius 3 is 2.62 bits per heavy atom. The van der Waals surface area contributed by atoms with E-state index in [1.807, 2.05) is 48.2 Å². The molecule has 0 spiro atoms. The van der Waals surface area contributed by atoms with Crippen molar-refractivity contribution in [3.05, 3.63) is 56.5 Å². The standard InChI is InChI=1S/C17H16N2O3S2/c1-10-4-6-23-15(10)16(21)22-9-14(20)13-8-11(2)19(12(13)3)17-18-5-7-24-17/h4-8H,9H2,1-3H3. The highest BCUT2D eigenvalue weighted by molar-refractivity contribution is 7.12. The maximum Gasteiger partial charge on any atom is 0.349 e. The summed E-state index contributed by atoms with van der Waals surface area (Å²) in [5.41, 5.74) is 3.14. The van der Waals surface area contributed by atoms with Gasteiger partial charge in [-0.2, -0.15) is 0 Å². The van der Waals surface area contributed by atoms with Crippen LogP contribution in [0.5, 0.6) is 0 Å². The van der Waals surface area contributed by atoms with Gasteiger partial charge < -0.3 is 4.74 Å². The predicted octanol–water partition coefficient (Wildman–Crippen LogP) is 3.96. The molecule has 0 radical (unpaired) electrons. The lowest BCUT2D eigenvalue weighted by Gasteiger charge is -2.06. The number of carbonyl (C=O) groups is 2. The summed E-state index contributed by atoms with van der Waals surface area (Å²) >= 11 is 2.82. The Labute approximate surface area is 147 Å². The maximum atomic E-state index is 12.5. The molecule has 3 heterocycles. The van der Waals surface area contributed by atoms with E-state index in [0.717, 1.165) is 22.1 Å². The van der Waals surface area contributed by atoms with E-state index >= 15 is 0 Å². The smallest absolute Gasteiger partial charge is 0.349 e. The molecule has 0 aromatic carbocycles. The van der Waals surface area contributed by atoms with Crippen LogP contribution in [0.25, 0.3) is 5.13 Å². The van der Waals surface area contributed by atoms with Crippen molar-refractivity contribution >= 4 is 34.4 Å². The van der Waals surface area contributed by atoms with Crippen molar-refractivity contribution in [3.63, 3.8) is 0 Å². The van der Waals surface area contributed by atoms with Crippen molar-refractivity contribution in [2.75, 3.05) is 6.61 Å². The Bertz CT molecular complexity index is 891. The number of nitrogens with zero attached hydrogens (tertiary/aromatic N) is 2. The number of Topliss-reactive ketones (excluding diaryl/α,β-unsaturated/α-hetero) is 1. The van der Waals surface area contributed by atoms with Crippen LogP contribution in [-0.2, 0) is 4.74 Å². The van der Waals surface area contributed by atoms with Crippen molar-refractivity contribution in [1.82, 2.24) is 9.55 Å². The van der Waals surface area contributed by atoms with Gasteiger partial charge in [-0.1, -0.05) is 0 Å². The molecule has 0 amide bonds. The van der Waals surface area contributed by atoms with Crippen molar-refractivity contribution in [1.29, 1.82) is 0 Å². The molecule has 3 aromatic rings. The third-order valence-electron chi connectivity index (χ3n) is 3.72. The van der Waals surface area contributed by atoms with Gasteiger partial charge in [0.1, 0.15) is 4.88 Å². The highest BCUT2D eigenvalue weighted by Crippen LogP contribution is 2.23. The second kappa shape index (κ2) is 6.70. The van der Waals surface area contributed by atoms with E-state index in [9.17, 15) is 9.59 Å². The van der Waals surface area contributed by atoms with Crippen molar-refractivity contribution in [3.8, 4) is 5.13 Å². The molecule has 0 fully saturated rings.